The molecule has 24 heavy (non-hydrogen) atoms. The summed E-state index contributed by atoms with van der Waals surface area (Å²) in [4.78, 5) is 0. The summed E-state index contributed by atoms with van der Waals surface area (Å²) >= 11 is 0. The van der Waals surface area contributed by atoms with Gasteiger partial charge in [0.05, 0.1) is 21.5 Å². The van der Waals surface area contributed by atoms with Gasteiger partial charge in [0.1, 0.15) is 0 Å². The van der Waals surface area contributed by atoms with Gasteiger partial charge in [0.25, 0.3) is 0 Å². The minimum Gasteiger partial charge on any atom is -0.748 e. The molecular weight excluding hydrogens is 351 g/mol. The summed E-state index contributed by atoms with van der Waals surface area (Å²) in [6.45, 7) is 4.31. The Morgan fingerprint density at radius 3 is 1.67 bits per heavy atom. The standard InChI is InChI=1S/C18H38O4S.K/c1-3-5-7-9-11-13-15-18(23(20,21)22)16-17(19)14-12-10-8-6-4-2;/h17-19H,3-16H2,1-2H3,(H,20,21,22);/q;+1/p-1. The largest absolute Gasteiger partial charge is 1.00 e. The zero-order valence-corrected chi connectivity index (χ0v) is 20.1. The van der Waals surface area contributed by atoms with Crippen molar-refractivity contribution in [3.63, 3.8) is 0 Å². The van der Waals surface area contributed by atoms with Crippen LogP contribution in [0.5, 0.6) is 0 Å². The van der Waals surface area contributed by atoms with Gasteiger partial charge in [-0.2, -0.15) is 0 Å². The summed E-state index contributed by atoms with van der Waals surface area (Å²) in [7, 11) is -4.31. The second-order valence-corrected chi connectivity index (χ2v) is 8.42. The van der Waals surface area contributed by atoms with E-state index >= 15 is 0 Å². The van der Waals surface area contributed by atoms with E-state index < -0.39 is 21.5 Å². The molecule has 0 heterocycles. The van der Waals surface area contributed by atoms with Gasteiger partial charge in [0.15, 0.2) is 0 Å². The number of aliphatic hydroxyl groups is 1. The maximum Gasteiger partial charge on any atom is 1.00 e. The predicted octanol–water partition coefficient (Wildman–Crippen LogP) is 1.77. The molecule has 140 valence electrons. The van der Waals surface area contributed by atoms with Crippen LogP contribution in [0, 0.1) is 0 Å². The van der Waals surface area contributed by atoms with Gasteiger partial charge in [0, 0.05) is 0 Å². The van der Waals surface area contributed by atoms with Crippen LogP contribution in [0.25, 0.3) is 0 Å². The summed E-state index contributed by atoms with van der Waals surface area (Å²) in [5, 5.41) is 9.09. The average Bonchev–Trinajstić information content (AvgIpc) is 2.48. The van der Waals surface area contributed by atoms with E-state index in [1.165, 1.54) is 32.1 Å². The summed E-state index contributed by atoms with van der Waals surface area (Å²) < 4.78 is 34.1. The van der Waals surface area contributed by atoms with Crippen molar-refractivity contribution in [1.29, 1.82) is 0 Å². The molecular formula is C18H37KO4S. The maximum atomic E-state index is 11.4. The fraction of sp³-hybridized carbons (Fsp3) is 1.00. The third-order valence-electron chi connectivity index (χ3n) is 4.46. The molecule has 0 saturated carbocycles. The predicted molar refractivity (Wildman–Crippen MR) is 95.5 cm³/mol. The molecule has 0 aromatic heterocycles. The minimum atomic E-state index is -4.31. The van der Waals surface area contributed by atoms with Crippen LogP contribution in [-0.2, 0) is 10.1 Å². The number of aliphatic hydroxyl groups excluding tert-OH is 1. The molecule has 0 amide bonds. The zero-order chi connectivity index (χ0) is 17.6. The molecule has 0 aromatic carbocycles. The Hall–Kier alpha value is 1.51. The Bertz CT molecular complexity index is 360. The van der Waals surface area contributed by atoms with Crippen molar-refractivity contribution < 1.29 is 69.5 Å². The number of unbranched alkanes of at least 4 members (excludes halogenated alkanes) is 9. The number of hydrogen-bond acceptors (Lipinski definition) is 4. The van der Waals surface area contributed by atoms with Gasteiger partial charge in [-0.3, -0.25) is 0 Å². The molecule has 0 saturated heterocycles. The van der Waals surface area contributed by atoms with Crippen LogP contribution in [0.2, 0.25) is 0 Å². The molecule has 0 aliphatic heterocycles. The Labute approximate surface area is 192 Å². The second-order valence-electron chi connectivity index (χ2n) is 6.76. The Morgan fingerprint density at radius 1 is 0.792 bits per heavy atom. The van der Waals surface area contributed by atoms with Gasteiger partial charge in [-0.25, -0.2) is 8.42 Å². The first kappa shape index (κ1) is 27.7. The molecule has 0 aliphatic rings. The van der Waals surface area contributed by atoms with Gasteiger partial charge in [-0.05, 0) is 19.3 Å². The van der Waals surface area contributed by atoms with Gasteiger partial charge in [0.2, 0.25) is 0 Å². The SMILES string of the molecule is CCCCCCCCC(CC(O)CCCCCCC)S(=O)(=O)[O-].[K+]. The molecule has 0 bridgehead atoms. The van der Waals surface area contributed by atoms with Gasteiger partial charge >= 0.3 is 51.4 Å². The molecule has 6 heteroatoms. The monoisotopic (exact) mass is 388 g/mol. The van der Waals surface area contributed by atoms with Crippen molar-refractivity contribution in [2.75, 3.05) is 0 Å². The number of hydrogen-bond donors (Lipinski definition) is 1. The molecule has 0 rings (SSSR count). The third-order valence-corrected chi connectivity index (χ3v) is 5.71. The van der Waals surface area contributed by atoms with Crippen molar-refractivity contribution >= 4 is 10.1 Å². The third kappa shape index (κ3) is 16.9. The fourth-order valence-corrected chi connectivity index (χ4v) is 3.85. The maximum absolute atomic E-state index is 11.4. The first-order valence-corrected chi connectivity index (χ1v) is 11.0. The first-order valence-electron chi connectivity index (χ1n) is 9.54. The van der Waals surface area contributed by atoms with E-state index in [0.29, 0.717) is 12.8 Å². The summed E-state index contributed by atoms with van der Waals surface area (Å²) in [6, 6.07) is 0. The van der Waals surface area contributed by atoms with Crippen LogP contribution >= 0.6 is 0 Å². The molecule has 4 nitrogen and oxygen atoms in total. The average molecular weight is 389 g/mol. The topological polar surface area (TPSA) is 77.4 Å². The first-order chi connectivity index (χ1) is 10.9. The smallest absolute Gasteiger partial charge is 0.748 e. The molecule has 0 spiro atoms. The van der Waals surface area contributed by atoms with E-state index in [1.807, 2.05) is 0 Å². The van der Waals surface area contributed by atoms with E-state index in [4.69, 9.17) is 0 Å². The summed E-state index contributed by atoms with van der Waals surface area (Å²) in [6.07, 6.45) is 12.3. The normalized spacial score (nSPS) is 14.2. The van der Waals surface area contributed by atoms with Gasteiger partial charge in [-0.1, -0.05) is 84.5 Å². The molecule has 2 atom stereocenters. The van der Waals surface area contributed by atoms with E-state index in [-0.39, 0.29) is 57.8 Å². The van der Waals surface area contributed by atoms with Crippen LogP contribution in [0.3, 0.4) is 0 Å². The van der Waals surface area contributed by atoms with Crippen LogP contribution in [0.15, 0.2) is 0 Å². The van der Waals surface area contributed by atoms with E-state index in [1.54, 1.807) is 0 Å². The molecule has 2 unspecified atom stereocenters. The van der Waals surface area contributed by atoms with E-state index in [0.717, 1.165) is 38.5 Å². The molecule has 0 aromatic rings. The van der Waals surface area contributed by atoms with E-state index in [9.17, 15) is 18.1 Å². The Morgan fingerprint density at radius 2 is 1.21 bits per heavy atom. The van der Waals surface area contributed by atoms with Crippen LogP contribution in [-0.4, -0.2) is 29.4 Å². The molecule has 1 N–H and O–H groups in total. The molecule has 0 fully saturated rings. The minimum absolute atomic E-state index is 0. The van der Waals surface area contributed by atoms with Crippen molar-refractivity contribution in [3.05, 3.63) is 0 Å². The summed E-state index contributed by atoms with van der Waals surface area (Å²) in [5.74, 6) is 0. The van der Waals surface area contributed by atoms with Crippen LogP contribution in [0.4, 0.5) is 0 Å². The molecule has 0 radical (unpaired) electrons. The van der Waals surface area contributed by atoms with Crippen molar-refractivity contribution in [1.82, 2.24) is 0 Å². The fourth-order valence-electron chi connectivity index (χ4n) is 2.94. The quantitative estimate of drug-likeness (QED) is 0.248. The molecule has 0 aliphatic carbocycles. The second kappa shape index (κ2) is 17.9. The van der Waals surface area contributed by atoms with Crippen molar-refractivity contribution in [3.8, 4) is 0 Å². The van der Waals surface area contributed by atoms with Crippen molar-refractivity contribution in [2.24, 2.45) is 0 Å². The van der Waals surface area contributed by atoms with Crippen LogP contribution in [0.1, 0.15) is 104 Å². The Kier molecular flexibility index (Phi) is 20.7. The van der Waals surface area contributed by atoms with E-state index in [2.05, 4.69) is 13.8 Å². The zero-order valence-electron chi connectivity index (χ0n) is 16.1. The van der Waals surface area contributed by atoms with Crippen LogP contribution < -0.4 is 51.4 Å². The number of rotatable bonds is 16. The van der Waals surface area contributed by atoms with Gasteiger partial charge in [-0.15, -0.1) is 0 Å². The summed E-state index contributed by atoms with van der Waals surface area (Å²) in [5.41, 5.74) is 0. The van der Waals surface area contributed by atoms with Crippen molar-refractivity contribution in [2.45, 2.75) is 115 Å². The Balaban J connectivity index is 0. The van der Waals surface area contributed by atoms with Gasteiger partial charge < -0.3 is 9.66 Å².